The molecule has 0 bridgehead atoms. The first-order chi connectivity index (χ1) is 6.77. The van der Waals surface area contributed by atoms with E-state index in [0.717, 1.165) is 6.42 Å². The van der Waals surface area contributed by atoms with E-state index in [0.29, 0.717) is 18.9 Å². The zero-order valence-corrected chi connectivity index (χ0v) is 10.8. The van der Waals surface area contributed by atoms with E-state index in [4.69, 9.17) is 5.73 Å². The first-order valence-corrected chi connectivity index (χ1v) is 5.79. The van der Waals surface area contributed by atoms with Gasteiger partial charge in [0.25, 0.3) is 0 Å². The van der Waals surface area contributed by atoms with Crippen molar-refractivity contribution in [3.05, 3.63) is 0 Å². The number of amides is 1. The van der Waals surface area contributed by atoms with Gasteiger partial charge in [0.15, 0.2) is 0 Å². The monoisotopic (exact) mass is 214 g/mol. The minimum Gasteiger partial charge on any atom is -0.355 e. The Hall–Kier alpha value is -0.570. The fourth-order valence-electron chi connectivity index (χ4n) is 1.05. The van der Waals surface area contributed by atoms with Crippen LogP contribution in [0.1, 0.15) is 47.5 Å². The van der Waals surface area contributed by atoms with Gasteiger partial charge in [0.05, 0.1) is 0 Å². The van der Waals surface area contributed by atoms with Crippen LogP contribution < -0.4 is 11.1 Å². The molecule has 3 heteroatoms. The highest BCUT2D eigenvalue weighted by Gasteiger charge is 2.22. The van der Waals surface area contributed by atoms with Crippen LogP contribution in [0.3, 0.4) is 0 Å². The highest BCUT2D eigenvalue weighted by Crippen LogP contribution is 2.27. The van der Waals surface area contributed by atoms with E-state index in [1.807, 2.05) is 6.92 Å². The number of rotatable bonds is 5. The van der Waals surface area contributed by atoms with Crippen molar-refractivity contribution in [1.82, 2.24) is 5.32 Å². The van der Waals surface area contributed by atoms with Crippen molar-refractivity contribution in [3.8, 4) is 0 Å². The van der Waals surface area contributed by atoms with Crippen LogP contribution in [-0.2, 0) is 4.79 Å². The molecule has 0 heterocycles. The number of nitrogens with two attached hydrogens (primary N) is 1. The second-order valence-corrected chi connectivity index (χ2v) is 5.44. The minimum atomic E-state index is 0.0823. The molecular weight excluding hydrogens is 188 g/mol. The van der Waals surface area contributed by atoms with Gasteiger partial charge in [-0.25, -0.2) is 0 Å². The van der Waals surface area contributed by atoms with Crippen molar-refractivity contribution in [2.24, 2.45) is 17.1 Å². The number of hydrogen-bond donors (Lipinski definition) is 2. The first kappa shape index (κ1) is 14.4. The first-order valence-electron chi connectivity index (χ1n) is 5.79. The minimum absolute atomic E-state index is 0.0823. The van der Waals surface area contributed by atoms with Gasteiger partial charge in [-0.2, -0.15) is 0 Å². The normalized spacial score (nSPS) is 15.9. The van der Waals surface area contributed by atoms with Gasteiger partial charge in [-0.15, -0.1) is 0 Å². The van der Waals surface area contributed by atoms with Crippen LogP contribution in [0.15, 0.2) is 0 Å². The van der Waals surface area contributed by atoms with Gasteiger partial charge < -0.3 is 11.1 Å². The van der Waals surface area contributed by atoms with E-state index < -0.39 is 0 Å². The third kappa shape index (κ3) is 6.50. The maximum Gasteiger partial charge on any atom is 0.220 e. The summed E-state index contributed by atoms with van der Waals surface area (Å²) < 4.78 is 0. The molecule has 90 valence electrons. The molecule has 0 aliphatic carbocycles. The Morgan fingerprint density at radius 3 is 2.33 bits per heavy atom. The molecular formula is C12H26N2O. The van der Waals surface area contributed by atoms with E-state index in [2.05, 4.69) is 33.0 Å². The number of carbonyl (C=O) groups is 1. The molecule has 15 heavy (non-hydrogen) atoms. The van der Waals surface area contributed by atoms with Crippen LogP contribution in [0.5, 0.6) is 0 Å². The second kappa shape index (κ2) is 6.11. The topological polar surface area (TPSA) is 55.1 Å². The molecule has 2 unspecified atom stereocenters. The van der Waals surface area contributed by atoms with Crippen molar-refractivity contribution in [1.29, 1.82) is 0 Å². The fourth-order valence-corrected chi connectivity index (χ4v) is 1.05. The zero-order valence-electron chi connectivity index (χ0n) is 10.8. The maximum absolute atomic E-state index is 11.6. The molecule has 0 rings (SSSR count). The van der Waals surface area contributed by atoms with Gasteiger partial charge in [-0.1, -0.05) is 34.6 Å². The number of carbonyl (C=O) groups excluding carboxylic acids is 1. The Morgan fingerprint density at radius 1 is 1.40 bits per heavy atom. The van der Waals surface area contributed by atoms with Crippen LogP contribution in [0, 0.1) is 11.3 Å². The van der Waals surface area contributed by atoms with Gasteiger partial charge in [0.1, 0.15) is 0 Å². The molecule has 1 amide bonds. The number of hydrogen-bond acceptors (Lipinski definition) is 2. The van der Waals surface area contributed by atoms with Crippen molar-refractivity contribution in [2.75, 3.05) is 6.54 Å². The van der Waals surface area contributed by atoms with Gasteiger partial charge in [0.2, 0.25) is 5.91 Å². The molecule has 0 aromatic carbocycles. The third-order valence-electron chi connectivity index (χ3n) is 3.06. The summed E-state index contributed by atoms with van der Waals surface area (Å²) in [5, 5.41) is 2.87. The fraction of sp³-hybridized carbons (Fsp3) is 0.917. The zero-order chi connectivity index (χ0) is 12.1. The van der Waals surface area contributed by atoms with E-state index in [9.17, 15) is 4.79 Å². The predicted octanol–water partition coefficient (Wildman–Crippen LogP) is 1.91. The molecule has 0 fully saturated rings. The molecule has 0 saturated carbocycles. The maximum atomic E-state index is 11.6. The molecule has 0 aromatic rings. The lowest BCUT2D eigenvalue weighted by molar-refractivity contribution is -0.122. The molecule has 3 nitrogen and oxygen atoms in total. The molecule has 3 N–H and O–H groups in total. The third-order valence-corrected chi connectivity index (χ3v) is 3.06. The highest BCUT2D eigenvalue weighted by molar-refractivity contribution is 5.76. The van der Waals surface area contributed by atoms with Crippen LogP contribution in [-0.4, -0.2) is 18.5 Å². The van der Waals surface area contributed by atoms with Crippen molar-refractivity contribution < 1.29 is 4.79 Å². The summed E-state index contributed by atoms with van der Waals surface area (Å²) in [6, 6.07) is 0.0823. The summed E-state index contributed by atoms with van der Waals surface area (Å²) in [6.45, 7) is 11.2. The lowest BCUT2D eigenvalue weighted by atomic mass is 9.80. The van der Waals surface area contributed by atoms with Crippen LogP contribution >= 0.6 is 0 Å². The molecule has 0 saturated heterocycles. The lowest BCUT2D eigenvalue weighted by Crippen LogP contribution is -2.38. The van der Waals surface area contributed by atoms with E-state index in [-0.39, 0.29) is 17.4 Å². The van der Waals surface area contributed by atoms with E-state index in [1.165, 1.54) is 0 Å². The average molecular weight is 214 g/mol. The standard InChI is InChI=1S/C12H26N2O/c1-6-10(13)8-14-11(15)7-9(2)12(3,4)5/h9-10H,6-8,13H2,1-5H3,(H,14,15). The highest BCUT2D eigenvalue weighted by atomic mass is 16.1. The summed E-state index contributed by atoms with van der Waals surface area (Å²) in [5.74, 6) is 0.497. The lowest BCUT2D eigenvalue weighted by Gasteiger charge is -2.26. The Labute approximate surface area is 93.8 Å². The van der Waals surface area contributed by atoms with Gasteiger partial charge >= 0.3 is 0 Å². The predicted molar refractivity (Wildman–Crippen MR) is 64.5 cm³/mol. The van der Waals surface area contributed by atoms with Crippen molar-refractivity contribution >= 4 is 5.91 Å². The molecule has 0 aliphatic rings. The summed E-state index contributed by atoms with van der Waals surface area (Å²) >= 11 is 0. The summed E-state index contributed by atoms with van der Waals surface area (Å²) in [4.78, 5) is 11.6. The van der Waals surface area contributed by atoms with Crippen LogP contribution in [0.4, 0.5) is 0 Å². The Balaban J connectivity index is 3.84. The second-order valence-electron chi connectivity index (χ2n) is 5.44. The number of nitrogens with one attached hydrogen (secondary N) is 1. The van der Waals surface area contributed by atoms with E-state index in [1.54, 1.807) is 0 Å². The van der Waals surface area contributed by atoms with Crippen molar-refractivity contribution in [3.63, 3.8) is 0 Å². The average Bonchev–Trinajstić information content (AvgIpc) is 2.12. The summed E-state index contributed by atoms with van der Waals surface area (Å²) in [7, 11) is 0. The van der Waals surface area contributed by atoms with E-state index >= 15 is 0 Å². The van der Waals surface area contributed by atoms with Crippen LogP contribution in [0.25, 0.3) is 0 Å². The van der Waals surface area contributed by atoms with Gasteiger partial charge in [-0.05, 0) is 17.8 Å². The molecule has 0 spiro atoms. The van der Waals surface area contributed by atoms with Gasteiger partial charge in [0, 0.05) is 19.0 Å². The molecule has 0 aromatic heterocycles. The Kier molecular flexibility index (Phi) is 5.88. The molecule has 2 atom stereocenters. The smallest absolute Gasteiger partial charge is 0.220 e. The Bertz CT molecular complexity index is 196. The largest absolute Gasteiger partial charge is 0.355 e. The quantitative estimate of drug-likeness (QED) is 0.734. The summed E-state index contributed by atoms with van der Waals surface area (Å²) in [6.07, 6.45) is 1.48. The Morgan fingerprint density at radius 2 is 1.93 bits per heavy atom. The van der Waals surface area contributed by atoms with Crippen molar-refractivity contribution in [2.45, 2.75) is 53.5 Å². The molecule has 0 aliphatic heterocycles. The van der Waals surface area contributed by atoms with Crippen LogP contribution in [0.2, 0.25) is 0 Å². The molecule has 0 radical (unpaired) electrons. The summed E-state index contributed by atoms with van der Waals surface area (Å²) in [5.41, 5.74) is 5.91. The van der Waals surface area contributed by atoms with Gasteiger partial charge in [-0.3, -0.25) is 4.79 Å². The SMILES string of the molecule is CCC(N)CNC(=O)CC(C)C(C)(C)C.